The minimum Gasteiger partial charge on any atom is -0.496 e. The van der Waals surface area contributed by atoms with Gasteiger partial charge in [0.15, 0.2) is 0 Å². The molecule has 3 aromatic carbocycles. The molecule has 5 rings (SSSR count). The number of hydrogen-bond acceptors (Lipinski definition) is 4. The van der Waals surface area contributed by atoms with Crippen LogP contribution in [0, 0.1) is 6.92 Å². The second kappa shape index (κ2) is 7.64. The quantitative estimate of drug-likeness (QED) is 0.417. The van der Waals surface area contributed by atoms with Crippen molar-refractivity contribution in [2.45, 2.75) is 25.6 Å². The fourth-order valence-corrected chi connectivity index (χ4v) is 4.64. The molecule has 3 aromatic rings. The van der Waals surface area contributed by atoms with Crippen molar-refractivity contribution in [3.8, 4) is 11.5 Å². The van der Waals surface area contributed by atoms with Gasteiger partial charge in [0.1, 0.15) is 11.5 Å². The summed E-state index contributed by atoms with van der Waals surface area (Å²) in [4.78, 5) is 0. The zero-order valence-electron chi connectivity index (χ0n) is 16.6. The van der Waals surface area contributed by atoms with Gasteiger partial charge in [0, 0.05) is 21.5 Å². The van der Waals surface area contributed by atoms with E-state index in [9.17, 15) is 0 Å². The molecular formula is C24H20BrClN2O2. The summed E-state index contributed by atoms with van der Waals surface area (Å²) in [5, 5.41) is 7.75. The Balaban J connectivity index is 1.64. The SMILES string of the molecule is COc1ccc(Br)cc1[C@H]1Oc2ccc(Cl)cc2[C@@H]2CC(c3ccc(C)cc3)=NN12. The summed E-state index contributed by atoms with van der Waals surface area (Å²) >= 11 is 9.90. The molecule has 0 aromatic heterocycles. The Hall–Kier alpha value is -2.50. The lowest BCUT2D eigenvalue weighted by Crippen LogP contribution is -2.34. The summed E-state index contributed by atoms with van der Waals surface area (Å²) in [5.74, 6) is 1.59. The van der Waals surface area contributed by atoms with E-state index in [0.29, 0.717) is 5.02 Å². The molecule has 0 N–H and O–H groups in total. The highest BCUT2D eigenvalue weighted by Gasteiger charge is 2.42. The molecule has 2 aliphatic heterocycles. The molecule has 0 spiro atoms. The highest BCUT2D eigenvalue weighted by Crippen LogP contribution is 2.49. The monoisotopic (exact) mass is 482 g/mol. The zero-order valence-corrected chi connectivity index (χ0v) is 18.9. The van der Waals surface area contributed by atoms with Crippen LogP contribution in [-0.2, 0) is 0 Å². The Labute approximate surface area is 189 Å². The largest absolute Gasteiger partial charge is 0.496 e. The molecule has 30 heavy (non-hydrogen) atoms. The number of rotatable bonds is 3. The van der Waals surface area contributed by atoms with Crippen LogP contribution in [0.3, 0.4) is 0 Å². The molecule has 0 saturated heterocycles. The van der Waals surface area contributed by atoms with E-state index in [0.717, 1.165) is 44.8 Å². The van der Waals surface area contributed by atoms with Crippen LogP contribution in [0.5, 0.6) is 11.5 Å². The third-order valence-electron chi connectivity index (χ3n) is 5.59. The van der Waals surface area contributed by atoms with Crippen LogP contribution in [-0.4, -0.2) is 17.8 Å². The van der Waals surface area contributed by atoms with E-state index < -0.39 is 6.23 Å². The van der Waals surface area contributed by atoms with Crippen molar-refractivity contribution in [2.24, 2.45) is 5.10 Å². The van der Waals surface area contributed by atoms with Gasteiger partial charge in [-0.15, -0.1) is 0 Å². The topological polar surface area (TPSA) is 34.1 Å². The van der Waals surface area contributed by atoms with Gasteiger partial charge in [0.05, 0.1) is 24.4 Å². The molecule has 6 heteroatoms. The molecule has 0 saturated carbocycles. The minimum absolute atomic E-state index is 0.0393. The van der Waals surface area contributed by atoms with Gasteiger partial charge in [-0.25, -0.2) is 5.01 Å². The number of ether oxygens (including phenoxy) is 2. The van der Waals surface area contributed by atoms with E-state index in [1.54, 1.807) is 7.11 Å². The Morgan fingerprint density at radius 1 is 1.07 bits per heavy atom. The number of fused-ring (bicyclic) bond motifs is 3. The predicted molar refractivity (Wildman–Crippen MR) is 122 cm³/mol. The third kappa shape index (κ3) is 3.36. The second-order valence-corrected chi connectivity index (χ2v) is 8.90. The average Bonchev–Trinajstić information content (AvgIpc) is 3.19. The lowest BCUT2D eigenvalue weighted by molar-refractivity contribution is -0.0203. The van der Waals surface area contributed by atoms with Gasteiger partial charge in [-0.2, -0.15) is 5.10 Å². The Morgan fingerprint density at radius 2 is 1.87 bits per heavy atom. The number of aryl methyl sites for hydroxylation is 1. The van der Waals surface area contributed by atoms with E-state index in [4.69, 9.17) is 26.2 Å². The maximum atomic E-state index is 6.45. The van der Waals surface area contributed by atoms with Crippen molar-refractivity contribution >= 4 is 33.2 Å². The first-order chi connectivity index (χ1) is 14.5. The molecule has 0 unspecified atom stereocenters. The molecule has 152 valence electrons. The summed E-state index contributed by atoms with van der Waals surface area (Å²) in [6, 6.07) is 20.2. The summed E-state index contributed by atoms with van der Waals surface area (Å²) in [7, 11) is 1.67. The maximum Gasteiger partial charge on any atom is 0.217 e. The lowest BCUT2D eigenvalue weighted by atomic mass is 9.95. The number of benzene rings is 3. The number of halogens is 2. The van der Waals surface area contributed by atoms with Crippen molar-refractivity contribution in [1.29, 1.82) is 0 Å². The van der Waals surface area contributed by atoms with E-state index in [1.807, 2.05) is 41.4 Å². The Bertz CT molecular complexity index is 1150. The Morgan fingerprint density at radius 3 is 2.63 bits per heavy atom. The van der Waals surface area contributed by atoms with Gasteiger partial charge >= 0.3 is 0 Å². The third-order valence-corrected chi connectivity index (χ3v) is 6.32. The highest BCUT2D eigenvalue weighted by atomic mass is 79.9. The van der Waals surface area contributed by atoms with Gasteiger partial charge in [-0.05, 0) is 48.9 Å². The normalized spacial score (nSPS) is 19.6. The van der Waals surface area contributed by atoms with Gasteiger partial charge in [-0.3, -0.25) is 0 Å². The van der Waals surface area contributed by atoms with Gasteiger partial charge in [0.25, 0.3) is 0 Å². The second-order valence-electron chi connectivity index (χ2n) is 7.55. The van der Waals surface area contributed by atoms with Crippen LogP contribution in [0.1, 0.15) is 40.9 Å². The summed E-state index contributed by atoms with van der Waals surface area (Å²) in [6.45, 7) is 2.09. The van der Waals surface area contributed by atoms with E-state index in [-0.39, 0.29) is 6.04 Å². The van der Waals surface area contributed by atoms with Crippen LogP contribution < -0.4 is 9.47 Å². The van der Waals surface area contributed by atoms with Crippen molar-refractivity contribution < 1.29 is 9.47 Å². The molecule has 2 heterocycles. The maximum absolute atomic E-state index is 6.45. The number of hydrazone groups is 1. The van der Waals surface area contributed by atoms with Crippen LogP contribution in [0.2, 0.25) is 5.02 Å². The minimum atomic E-state index is -0.404. The van der Waals surface area contributed by atoms with Crippen LogP contribution in [0.25, 0.3) is 0 Å². The van der Waals surface area contributed by atoms with E-state index in [1.165, 1.54) is 5.56 Å². The van der Waals surface area contributed by atoms with Gasteiger partial charge < -0.3 is 9.47 Å². The van der Waals surface area contributed by atoms with E-state index >= 15 is 0 Å². The van der Waals surface area contributed by atoms with Gasteiger partial charge in [0.2, 0.25) is 6.23 Å². The fourth-order valence-electron chi connectivity index (χ4n) is 4.08. The lowest BCUT2D eigenvalue weighted by Gasteiger charge is -2.38. The summed E-state index contributed by atoms with van der Waals surface area (Å²) < 4.78 is 13.0. The summed E-state index contributed by atoms with van der Waals surface area (Å²) in [5.41, 5.74) is 5.37. The number of nitrogens with zero attached hydrogens (tertiary/aromatic N) is 2. The first kappa shape index (κ1) is 19.5. The van der Waals surface area contributed by atoms with Crippen molar-refractivity contribution in [1.82, 2.24) is 5.01 Å². The fraction of sp³-hybridized carbons (Fsp3) is 0.208. The molecule has 0 amide bonds. The van der Waals surface area contributed by atoms with Gasteiger partial charge in [-0.1, -0.05) is 57.4 Å². The van der Waals surface area contributed by atoms with Crippen LogP contribution >= 0.6 is 27.5 Å². The van der Waals surface area contributed by atoms with Crippen molar-refractivity contribution in [3.05, 3.63) is 92.4 Å². The standard InChI is InChI=1S/C24H20BrClN2O2/c1-14-3-5-15(6-4-14)20-13-21-18-12-17(26)8-10-23(18)30-24(28(21)27-20)19-11-16(25)7-9-22(19)29-2/h3-12,21,24H,13H2,1-2H3/t21-,24+/m0/s1. The van der Waals surface area contributed by atoms with Crippen LogP contribution in [0.4, 0.5) is 0 Å². The van der Waals surface area contributed by atoms with Crippen molar-refractivity contribution in [3.63, 3.8) is 0 Å². The predicted octanol–water partition coefficient (Wildman–Crippen LogP) is 6.66. The molecule has 0 radical (unpaired) electrons. The van der Waals surface area contributed by atoms with Crippen molar-refractivity contribution in [2.75, 3.05) is 7.11 Å². The molecular weight excluding hydrogens is 464 g/mol. The van der Waals surface area contributed by atoms with E-state index in [2.05, 4.69) is 47.1 Å². The van der Waals surface area contributed by atoms with Crippen LogP contribution in [0.15, 0.2) is 70.2 Å². The molecule has 2 atom stereocenters. The zero-order chi connectivity index (χ0) is 20.8. The molecule has 4 nitrogen and oxygen atoms in total. The Kier molecular flexibility index (Phi) is 4.95. The number of hydrogen-bond donors (Lipinski definition) is 0. The number of methoxy groups -OCH3 is 1. The molecule has 0 fully saturated rings. The molecule has 2 aliphatic rings. The first-order valence-corrected chi connectivity index (χ1v) is 10.9. The molecule has 0 bridgehead atoms. The molecule has 0 aliphatic carbocycles. The highest BCUT2D eigenvalue weighted by molar-refractivity contribution is 9.10. The average molecular weight is 484 g/mol. The smallest absolute Gasteiger partial charge is 0.217 e. The first-order valence-electron chi connectivity index (χ1n) is 9.76. The summed E-state index contributed by atoms with van der Waals surface area (Å²) in [6.07, 6.45) is 0.381.